The van der Waals surface area contributed by atoms with Crippen LogP contribution in [-0.2, 0) is 4.79 Å². The number of hydrogen-bond acceptors (Lipinski definition) is 3. The molecule has 19 heavy (non-hydrogen) atoms. The number of anilines is 1. The molecule has 1 aliphatic heterocycles. The second kappa shape index (κ2) is 4.70. The van der Waals surface area contributed by atoms with E-state index in [2.05, 4.69) is 9.88 Å². The minimum Gasteiger partial charge on any atom is -0.481 e. The molecule has 0 amide bonds. The maximum Gasteiger partial charge on any atom is 0.308 e. The highest BCUT2D eigenvalue weighted by atomic mass is 35.5. The van der Waals surface area contributed by atoms with Gasteiger partial charge in [0.25, 0.3) is 0 Å². The Kier molecular flexibility index (Phi) is 3.03. The molecule has 0 spiro atoms. The first kappa shape index (κ1) is 12.2. The van der Waals surface area contributed by atoms with Crippen LogP contribution >= 0.6 is 11.6 Å². The second-order valence-corrected chi connectivity index (χ2v) is 5.20. The van der Waals surface area contributed by atoms with E-state index in [1.165, 1.54) is 0 Å². The van der Waals surface area contributed by atoms with Gasteiger partial charge in [-0.3, -0.25) is 9.78 Å². The van der Waals surface area contributed by atoms with Crippen LogP contribution in [0.25, 0.3) is 10.9 Å². The highest BCUT2D eigenvalue weighted by Gasteiger charge is 2.28. The molecule has 3 rings (SSSR count). The van der Waals surface area contributed by atoms with Gasteiger partial charge < -0.3 is 10.0 Å². The SMILES string of the molecule is O=C(O)C1CCN(c2ccnc3ccc(Cl)cc23)C1. The lowest BCUT2D eigenvalue weighted by molar-refractivity contribution is -0.140. The molecule has 0 radical (unpaired) electrons. The van der Waals surface area contributed by atoms with Crippen LogP contribution in [-0.4, -0.2) is 29.1 Å². The van der Waals surface area contributed by atoms with Gasteiger partial charge in [0.1, 0.15) is 0 Å². The molecule has 5 heteroatoms. The number of pyridine rings is 1. The molecule has 4 nitrogen and oxygen atoms in total. The van der Waals surface area contributed by atoms with E-state index in [1.54, 1.807) is 6.20 Å². The van der Waals surface area contributed by atoms with Crippen molar-refractivity contribution in [2.75, 3.05) is 18.0 Å². The minimum absolute atomic E-state index is 0.289. The molecule has 1 unspecified atom stereocenters. The van der Waals surface area contributed by atoms with Gasteiger partial charge in [-0.15, -0.1) is 0 Å². The average molecular weight is 277 g/mol. The first-order valence-electron chi connectivity index (χ1n) is 6.17. The van der Waals surface area contributed by atoms with Crippen molar-refractivity contribution in [2.45, 2.75) is 6.42 Å². The number of carbonyl (C=O) groups is 1. The molecule has 98 valence electrons. The number of carboxylic acids is 1. The van der Waals surface area contributed by atoms with E-state index in [9.17, 15) is 4.79 Å². The van der Waals surface area contributed by atoms with Gasteiger partial charge in [0.2, 0.25) is 0 Å². The van der Waals surface area contributed by atoms with E-state index in [-0.39, 0.29) is 5.92 Å². The number of rotatable bonds is 2. The summed E-state index contributed by atoms with van der Waals surface area (Å²) in [5.41, 5.74) is 1.89. The second-order valence-electron chi connectivity index (χ2n) is 4.76. The molecule has 0 aliphatic carbocycles. The third-order valence-electron chi connectivity index (χ3n) is 3.56. The lowest BCUT2D eigenvalue weighted by Gasteiger charge is -2.20. The van der Waals surface area contributed by atoms with Crippen molar-refractivity contribution in [1.29, 1.82) is 0 Å². The molecular weight excluding hydrogens is 264 g/mol. The number of aliphatic carboxylic acids is 1. The first-order valence-corrected chi connectivity index (χ1v) is 6.55. The van der Waals surface area contributed by atoms with Crippen LogP contribution in [0.2, 0.25) is 5.02 Å². The Labute approximate surface area is 115 Å². The predicted octanol–water partition coefficient (Wildman–Crippen LogP) is 2.80. The zero-order valence-electron chi connectivity index (χ0n) is 10.2. The summed E-state index contributed by atoms with van der Waals surface area (Å²) in [6, 6.07) is 7.49. The summed E-state index contributed by atoms with van der Waals surface area (Å²) in [5.74, 6) is -1.01. The van der Waals surface area contributed by atoms with Crippen LogP contribution < -0.4 is 4.90 Å². The summed E-state index contributed by atoms with van der Waals surface area (Å²) in [6.07, 6.45) is 2.43. The van der Waals surface area contributed by atoms with Crippen LogP contribution in [0.15, 0.2) is 30.5 Å². The largest absolute Gasteiger partial charge is 0.481 e. The summed E-state index contributed by atoms with van der Waals surface area (Å²) in [5, 5.41) is 10.7. The van der Waals surface area contributed by atoms with Gasteiger partial charge >= 0.3 is 5.97 Å². The van der Waals surface area contributed by atoms with Crippen molar-refractivity contribution in [3.8, 4) is 0 Å². The normalized spacial score (nSPS) is 19.0. The van der Waals surface area contributed by atoms with Crippen LogP contribution in [0.3, 0.4) is 0 Å². The summed E-state index contributed by atoms with van der Waals surface area (Å²) >= 11 is 6.04. The molecule has 1 atom stereocenters. The van der Waals surface area contributed by atoms with E-state index >= 15 is 0 Å². The van der Waals surface area contributed by atoms with E-state index in [1.807, 2.05) is 24.3 Å². The van der Waals surface area contributed by atoms with E-state index < -0.39 is 5.97 Å². The third-order valence-corrected chi connectivity index (χ3v) is 3.79. The molecule has 1 fully saturated rings. The summed E-state index contributed by atoms with van der Waals surface area (Å²) in [6.45, 7) is 1.30. The van der Waals surface area contributed by atoms with Crippen molar-refractivity contribution in [3.63, 3.8) is 0 Å². The quantitative estimate of drug-likeness (QED) is 0.916. The van der Waals surface area contributed by atoms with Gasteiger partial charge in [-0.25, -0.2) is 0 Å². The monoisotopic (exact) mass is 276 g/mol. The van der Waals surface area contributed by atoms with Crippen molar-refractivity contribution < 1.29 is 9.90 Å². The standard InChI is InChI=1S/C14H13ClN2O2/c15-10-1-2-12-11(7-10)13(3-5-16-12)17-6-4-9(8-17)14(18)19/h1-3,5,7,9H,4,6,8H2,(H,18,19). The summed E-state index contributed by atoms with van der Waals surface area (Å²) in [4.78, 5) is 17.4. The van der Waals surface area contributed by atoms with Gasteiger partial charge in [0.15, 0.2) is 0 Å². The van der Waals surface area contributed by atoms with Crippen molar-refractivity contribution >= 4 is 34.2 Å². The number of nitrogens with zero attached hydrogens (tertiary/aromatic N) is 2. The van der Waals surface area contributed by atoms with Crippen LogP contribution in [0.5, 0.6) is 0 Å². The predicted molar refractivity (Wildman–Crippen MR) is 74.7 cm³/mol. The molecule has 1 N–H and O–H groups in total. The Hall–Kier alpha value is -1.81. The molecule has 0 saturated carbocycles. The number of hydrogen-bond donors (Lipinski definition) is 1. The van der Waals surface area contributed by atoms with Crippen LogP contribution in [0.4, 0.5) is 5.69 Å². The molecule has 1 saturated heterocycles. The zero-order chi connectivity index (χ0) is 13.4. The highest BCUT2D eigenvalue weighted by Crippen LogP contribution is 2.31. The van der Waals surface area contributed by atoms with Crippen molar-refractivity contribution in [2.24, 2.45) is 5.92 Å². The fourth-order valence-electron chi connectivity index (χ4n) is 2.56. The van der Waals surface area contributed by atoms with Crippen LogP contribution in [0.1, 0.15) is 6.42 Å². The number of fused-ring (bicyclic) bond motifs is 1. The Morgan fingerprint density at radius 3 is 3.00 bits per heavy atom. The van der Waals surface area contributed by atoms with Gasteiger partial charge in [-0.05, 0) is 30.7 Å². The van der Waals surface area contributed by atoms with E-state index in [0.29, 0.717) is 18.0 Å². The molecule has 2 heterocycles. The Balaban J connectivity index is 2.01. The van der Waals surface area contributed by atoms with Crippen molar-refractivity contribution in [1.82, 2.24) is 4.98 Å². The number of carboxylic acid groups (broad SMARTS) is 1. The number of aromatic nitrogens is 1. The molecular formula is C14H13ClN2O2. The fraction of sp³-hybridized carbons (Fsp3) is 0.286. The van der Waals surface area contributed by atoms with Crippen molar-refractivity contribution in [3.05, 3.63) is 35.5 Å². The first-order chi connectivity index (χ1) is 9.15. The molecule has 1 aromatic carbocycles. The topological polar surface area (TPSA) is 53.4 Å². The Morgan fingerprint density at radius 2 is 2.26 bits per heavy atom. The van der Waals surface area contributed by atoms with Crippen LogP contribution in [0, 0.1) is 5.92 Å². The third kappa shape index (κ3) is 2.24. The Bertz CT molecular complexity index is 644. The fourth-order valence-corrected chi connectivity index (χ4v) is 2.73. The summed E-state index contributed by atoms with van der Waals surface area (Å²) < 4.78 is 0. The van der Waals surface area contributed by atoms with E-state index in [0.717, 1.165) is 23.1 Å². The zero-order valence-corrected chi connectivity index (χ0v) is 11.0. The molecule has 1 aromatic heterocycles. The highest BCUT2D eigenvalue weighted by molar-refractivity contribution is 6.31. The number of benzene rings is 1. The number of halogens is 1. The van der Waals surface area contributed by atoms with E-state index in [4.69, 9.17) is 16.7 Å². The average Bonchev–Trinajstić information content (AvgIpc) is 2.87. The van der Waals surface area contributed by atoms with Gasteiger partial charge in [-0.1, -0.05) is 11.6 Å². The minimum atomic E-state index is -0.723. The lowest BCUT2D eigenvalue weighted by atomic mass is 10.1. The van der Waals surface area contributed by atoms with Gasteiger partial charge in [0, 0.05) is 35.4 Å². The molecule has 0 bridgehead atoms. The van der Waals surface area contributed by atoms with Gasteiger partial charge in [0.05, 0.1) is 11.4 Å². The maximum absolute atomic E-state index is 11.0. The molecule has 2 aromatic rings. The lowest BCUT2D eigenvalue weighted by Crippen LogP contribution is -2.22. The maximum atomic E-state index is 11.0. The summed E-state index contributed by atoms with van der Waals surface area (Å²) in [7, 11) is 0. The smallest absolute Gasteiger partial charge is 0.308 e. The molecule has 1 aliphatic rings. The Morgan fingerprint density at radius 1 is 1.42 bits per heavy atom. The van der Waals surface area contributed by atoms with Gasteiger partial charge in [-0.2, -0.15) is 0 Å².